The third kappa shape index (κ3) is 6.10. The molecule has 0 N–H and O–H groups in total. The molecule has 1 aromatic heterocycles. The van der Waals surface area contributed by atoms with Crippen LogP contribution in [0, 0.1) is 6.92 Å². The molecule has 2 heterocycles. The van der Waals surface area contributed by atoms with Crippen LogP contribution in [0.25, 0.3) is 6.08 Å². The minimum Gasteiger partial charge on any atom is -0.489 e. The normalized spacial score (nSPS) is 15.1. The Balaban J connectivity index is 1.50. The predicted octanol–water partition coefficient (Wildman–Crippen LogP) is 5.81. The van der Waals surface area contributed by atoms with Crippen LogP contribution in [-0.2, 0) is 16.1 Å². The van der Waals surface area contributed by atoms with Gasteiger partial charge in [-0.15, -0.1) is 0 Å². The van der Waals surface area contributed by atoms with Crippen molar-refractivity contribution < 1.29 is 14.3 Å². The van der Waals surface area contributed by atoms with E-state index in [9.17, 15) is 9.59 Å². The van der Waals surface area contributed by atoms with E-state index in [-0.39, 0.29) is 12.2 Å². The Bertz CT molecular complexity index is 1780. The fourth-order valence-corrected chi connectivity index (χ4v) is 6.00. The molecule has 0 fully saturated rings. The van der Waals surface area contributed by atoms with Crippen LogP contribution in [0.15, 0.2) is 93.9 Å². The number of aromatic nitrogens is 1. The average Bonchev–Trinajstić information content (AvgIpc) is 3.26. The second-order valence-electron chi connectivity index (χ2n) is 10.5. The van der Waals surface area contributed by atoms with Crippen molar-refractivity contribution in [1.29, 1.82) is 0 Å². The monoisotopic (exact) mass is 566 g/mol. The van der Waals surface area contributed by atoms with Crippen LogP contribution >= 0.6 is 11.3 Å². The van der Waals surface area contributed by atoms with E-state index in [1.165, 1.54) is 22.5 Å². The molecule has 1 unspecified atom stereocenters. The van der Waals surface area contributed by atoms with Gasteiger partial charge in [-0.3, -0.25) is 9.36 Å². The van der Waals surface area contributed by atoms with Gasteiger partial charge in [0.25, 0.3) is 5.56 Å². The first-order valence-electron chi connectivity index (χ1n) is 13.8. The van der Waals surface area contributed by atoms with Crippen LogP contribution in [-0.4, -0.2) is 17.1 Å². The van der Waals surface area contributed by atoms with Gasteiger partial charge in [-0.2, -0.15) is 0 Å². The summed E-state index contributed by atoms with van der Waals surface area (Å²) in [4.78, 5) is 32.2. The van der Waals surface area contributed by atoms with E-state index in [1.54, 1.807) is 18.4 Å². The number of ether oxygens (including phenoxy) is 2. The Morgan fingerprint density at radius 1 is 1.05 bits per heavy atom. The third-order valence-electron chi connectivity index (χ3n) is 7.10. The first kappa shape index (κ1) is 28.3. The van der Waals surface area contributed by atoms with Crippen LogP contribution < -0.4 is 19.6 Å². The summed E-state index contributed by atoms with van der Waals surface area (Å²) in [5.74, 6) is 0.666. The molecule has 0 aliphatic carbocycles. The van der Waals surface area contributed by atoms with Crippen LogP contribution in [0.1, 0.15) is 67.5 Å². The molecule has 210 valence electrons. The fourth-order valence-electron chi connectivity index (χ4n) is 4.95. The molecule has 4 aromatic rings. The van der Waals surface area contributed by atoms with Crippen molar-refractivity contribution in [2.24, 2.45) is 4.99 Å². The Morgan fingerprint density at radius 2 is 1.78 bits per heavy atom. The molecule has 5 rings (SSSR count). The molecule has 1 aliphatic heterocycles. The molecule has 0 radical (unpaired) electrons. The lowest BCUT2D eigenvalue weighted by molar-refractivity contribution is -0.139. The smallest absolute Gasteiger partial charge is 0.338 e. The lowest BCUT2D eigenvalue weighted by Gasteiger charge is -2.25. The number of thiazole rings is 1. The highest BCUT2D eigenvalue weighted by molar-refractivity contribution is 7.07. The molecule has 0 saturated carbocycles. The van der Waals surface area contributed by atoms with E-state index >= 15 is 0 Å². The topological polar surface area (TPSA) is 69.9 Å². The van der Waals surface area contributed by atoms with E-state index in [1.807, 2.05) is 54.6 Å². The van der Waals surface area contributed by atoms with Gasteiger partial charge < -0.3 is 9.47 Å². The zero-order chi connectivity index (χ0) is 29.1. The highest BCUT2D eigenvalue weighted by atomic mass is 32.1. The number of hydrogen-bond donors (Lipinski definition) is 0. The van der Waals surface area contributed by atoms with E-state index in [4.69, 9.17) is 9.47 Å². The van der Waals surface area contributed by atoms with Gasteiger partial charge in [-0.25, -0.2) is 9.79 Å². The van der Waals surface area contributed by atoms with Crippen molar-refractivity contribution in [2.45, 2.75) is 53.2 Å². The molecule has 1 atom stereocenters. The van der Waals surface area contributed by atoms with Crippen LogP contribution in [0.4, 0.5) is 0 Å². The molecule has 6 nitrogen and oxygen atoms in total. The maximum atomic E-state index is 13.8. The Labute approximate surface area is 243 Å². The van der Waals surface area contributed by atoms with Gasteiger partial charge in [0, 0.05) is 0 Å². The van der Waals surface area contributed by atoms with Crippen molar-refractivity contribution in [3.8, 4) is 5.75 Å². The number of esters is 1. The molecule has 1 aliphatic rings. The SMILES string of the molecule is CCOC(=O)C1=C(C)N=c2sc(=Cc3ccc(OCc4cccc(C)c4)cc3)c(=O)n2C1c1ccc(C(C)C)cc1. The number of carbonyl (C=O) groups is 1. The minimum atomic E-state index is -0.619. The summed E-state index contributed by atoms with van der Waals surface area (Å²) in [5.41, 5.74) is 5.96. The molecule has 41 heavy (non-hydrogen) atoms. The summed E-state index contributed by atoms with van der Waals surface area (Å²) >= 11 is 1.32. The first-order valence-corrected chi connectivity index (χ1v) is 14.6. The highest BCUT2D eigenvalue weighted by Crippen LogP contribution is 2.31. The number of hydrogen-bond acceptors (Lipinski definition) is 6. The number of aryl methyl sites for hydroxylation is 1. The van der Waals surface area contributed by atoms with Gasteiger partial charge in [0.2, 0.25) is 0 Å². The summed E-state index contributed by atoms with van der Waals surface area (Å²) in [6, 6.07) is 23.4. The largest absolute Gasteiger partial charge is 0.489 e. The molecular weight excluding hydrogens is 532 g/mol. The summed E-state index contributed by atoms with van der Waals surface area (Å²) < 4.78 is 13.5. The number of rotatable bonds is 8. The second kappa shape index (κ2) is 12.1. The lowest BCUT2D eigenvalue weighted by Crippen LogP contribution is -2.39. The summed E-state index contributed by atoms with van der Waals surface area (Å²) in [6.45, 7) is 10.6. The van der Waals surface area contributed by atoms with Crippen LogP contribution in [0.5, 0.6) is 5.75 Å². The summed E-state index contributed by atoms with van der Waals surface area (Å²) in [7, 11) is 0. The Kier molecular flexibility index (Phi) is 8.36. The maximum Gasteiger partial charge on any atom is 0.338 e. The standard InChI is InChI=1S/C34H34N2O4S/c1-6-39-33(38)30-23(5)35-34-36(31(30)27-14-12-26(13-15-27)21(2)3)32(37)29(41-34)19-24-10-16-28(17-11-24)40-20-25-9-7-8-22(4)18-25/h7-19,21,31H,6,20H2,1-5H3. The number of benzene rings is 3. The Hall–Kier alpha value is -4.23. The van der Waals surface area contributed by atoms with Crippen molar-refractivity contribution in [1.82, 2.24) is 4.57 Å². The van der Waals surface area contributed by atoms with E-state index < -0.39 is 12.0 Å². The molecule has 0 saturated heterocycles. The molecule has 3 aromatic carbocycles. The Morgan fingerprint density at radius 3 is 2.44 bits per heavy atom. The number of carbonyl (C=O) groups excluding carboxylic acids is 1. The zero-order valence-corrected chi connectivity index (χ0v) is 24.8. The minimum absolute atomic E-state index is 0.194. The highest BCUT2D eigenvalue weighted by Gasteiger charge is 2.33. The molecule has 7 heteroatoms. The fraction of sp³-hybridized carbons (Fsp3) is 0.265. The predicted molar refractivity (Wildman–Crippen MR) is 163 cm³/mol. The van der Waals surface area contributed by atoms with Crippen molar-refractivity contribution in [3.05, 3.63) is 132 Å². The van der Waals surface area contributed by atoms with Gasteiger partial charge >= 0.3 is 5.97 Å². The molecular formula is C34H34N2O4S. The third-order valence-corrected chi connectivity index (χ3v) is 8.08. The van der Waals surface area contributed by atoms with Crippen LogP contribution in [0.2, 0.25) is 0 Å². The van der Waals surface area contributed by atoms with Crippen molar-refractivity contribution in [3.63, 3.8) is 0 Å². The van der Waals surface area contributed by atoms with Crippen molar-refractivity contribution in [2.75, 3.05) is 6.61 Å². The maximum absolute atomic E-state index is 13.8. The molecule has 0 amide bonds. The van der Waals surface area contributed by atoms with Gasteiger partial charge in [0.1, 0.15) is 12.4 Å². The van der Waals surface area contributed by atoms with Crippen molar-refractivity contribution >= 4 is 23.4 Å². The summed E-state index contributed by atoms with van der Waals surface area (Å²) in [5, 5.41) is 0. The quantitative estimate of drug-likeness (QED) is 0.253. The van der Waals surface area contributed by atoms with Gasteiger partial charge in [-0.05, 0) is 67.2 Å². The second-order valence-corrected chi connectivity index (χ2v) is 11.5. The van der Waals surface area contributed by atoms with Gasteiger partial charge in [0.05, 0.1) is 28.5 Å². The number of allylic oxidation sites excluding steroid dienone is 1. The van der Waals surface area contributed by atoms with Gasteiger partial charge in [0.15, 0.2) is 4.80 Å². The lowest BCUT2D eigenvalue weighted by atomic mass is 9.93. The average molecular weight is 567 g/mol. The molecule has 0 spiro atoms. The summed E-state index contributed by atoms with van der Waals surface area (Å²) in [6.07, 6.45) is 1.86. The number of fused-ring (bicyclic) bond motifs is 1. The van der Waals surface area contributed by atoms with Crippen LogP contribution in [0.3, 0.4) is 0 Å². The van der Waals surface area contributed by atoms with E-state index in [0.717, 1.165) is 22.4 Å². The first-order chi connectivity index (χ1) is 19.7. The van der Waals surface area contributed by atoms with Gasteiger partial charge in [-0.1, -0.05) is 91.4 Å². The van der Waals surface area contributed by atoms with E-state index in [2.05, 4.69) is 50.0 Å². The zero-order valence-electron chi connectivity index (χ0n) is 24.0. The van der Waals surface area contributed by atoms with E-state index in [0.29, 0.717) is 33.1 Å². The number of nitrogens with zero attached hydrogens (tertiary/aromatic N) is 2. The molecule has 0 bridgehead atoms.